The number of amides is 1. The van der Waals surface area contributed by atoms with Crippen LogP contribution in [0, 0.1) is 0 Å². The van der Waals surface area contributed by atoms with Gasteiger partial charge in [0, 0.05) is 22.0 Å². The van der Waals surface area contributed by atoms with E-state index in [1.807, 2.05) is 0 Å². The fourth-order valence-corrected chi connectivity index (χ4v) is 3.64. The molecule has 0 saturated carbocycles. The molecule has 0 fully saturated rings. The van der Waals surface area contributed by atoms with Gasteiger partial charge in [-0.05, 0) is 36.8 Å². The number of carbonyl (C=O) groups is 1. The van der Waals surface area contributed by atoms with Crippen LogP contribution in [0.1, 0.15) is 15.2 Å². The van der Waals surface area contributed by atoms with E-state index >= 15 is 0 Å². The van der Waals surface area contributed by atoms with E-state index in [1.165, 1.54) is 6.07 Å². The molecule has 0 aliphatic heterocycles. The molecule has 21 heavy (non-hydrogen) atoms. The van der Waals surface area contributed by atoms with E-state index in [0.717, 1.165) is 16.2 Å². The largest absolute Gasteiger partial charge is 0.352 e. The van der Waals surface area contributed by atoms with Crippen LogP contribution in [0.4, 0.5) is 0 Å². The molecular formula is C13H13ClN2O3S2. The lowest BCUT2D eigenvalue weighted by Crippen LogP contribution is -2.25. The highest BCUT2D eigenvalue weighted by molar-refractivity contribution is 7.91. The molecule has 0 saturated heterocycles. The summed E-state index contributed by atoms with van der Waals surface area (Å²) in [5.41, 5.74) is 0.485. The molecule has 0 spiro atoms. The molecule has 1 heterocycles. The summed E-state index contributed by atoms with van der Waals surface area (Å²) in [6.45, 7) is 0.399. The first-order chi connectivity index (χ1) is 9.86. The van der Waals surface area contributed by atoms with Gasteiger partial charge < -0.3 is 5.32 Å². The molecule has 112 valence electrons. The van der Waals surface area contributed by atoms with Gasteiger partial charge in [0.05, 0.1) is 0 Å². The van der Waals surface area contributed by atoms with Crippen LogP contribution < -0.4 is 10.5 Å². The highest BCUT2D eigenvalue weighted by atomic mass is 35.5. The number of carbonyl (C=O) groups excluding carboxylic acids is 1. The van der Waals surface area contributed by atoms with Crippen molar-refractivity contribution < 1.29 is 13.2 Å². The predicted octanol–water partition coefficient (Wildman–Crippen LogP) is 2.02. The molecule has 8 heteroatoms. The summed E-state index contributed by atoms with van der Waals surface area (Å²) in [5.74, 6) is -0.222. The quantitative estimate of drug-likeness (QED) is 0.869. The van der Waals surface area contributed by atoms with Crippen LogP contribution in [0.2, 0.25) is 5.02 Å². The van der Waals surface area contributed by atoms with Gasteiger partial charge in [0.25, 0.3) is 5.91 Å². The molecule has 1 aromatic carbocycles. The molecule has 2 rings (SSSR count). The molecular weight excluding hydrogens is 332 g/mol. The summed E-state index contributed by atoms with van der Waals surface area (Å²) in [5, 5.41) is 8.29. The summed E-state index contributed by atoms with van der Waals surface area (Å²) in [4.78, 5) is 12.7. The molecule has 0 aliphatic carbocycles. The number of nitrogens with two attached hydrogens (primary N) is 1. The summed E-state index contributed by atoms with van der Waals surface area (Å²) in [6.07, 6.45) is 0.534. The summed E-state index contributed by atoms with van der Waals surface area (Å²) < 4.78 is 22.4. The monoisotopic (exact) mass is 344 g/mol. The van der Waals surface area contributed by atoms with Gasteiger partial charge >= 0.3 is 0 Å². The lowest BCUT2D eigenvalue weighted by molar-refractivity contribution is 0.0954. The second-order valence-electron chi connectivity index (χ2n) is 4.28. The number of halogens is 1. The Labute approximate surface area is 131 Å². The van der Waals surface area contributed by atoms with Gasteiger partial charge in [-0.25, -0.2) is 13.6 Å². The van der Waals surface area contributed by atoms with Crippen LogP contribution in [0.5, 0.6) is 0 Å². The van der Waals surface area contributed by atoms with Crippen molar-refractivity contribution in [2.24, 2.45) is 5.14 Å². The number of rotatable bonds is 5. The molecule has 0 aliphatic rings. The summed E-state index contributed by atoms with van der Waals surface area (Å²) in [6, 6.07) is 9.81. The van der Waals surface area contributed by atoms with Crippen molar-refractivity contribution in [3.05, 3.63) is 51.9 Å². The van der Waals surface area contributed by atoms with Crippen LogP contribution >= 0.6 is 22.9 Å². The first kappa shape index (κ1) is 16.0. The zero-order valence-corrected chi connectivity index (χ0v) is 13.3. The third-order valence-electron chi connectivity index (χ3n) is 2.66. The van der Waals surface area contributed by atoms with Crippen LogP contribution in [0.15, 0.2) is 40.6 Å². The molecule has 0 atom stereocenters. The number of sulfonamides is 1. The topological polar surface area (TPSA) is 89.3 Å². The molecule has 2 aromatic rings. The highest BCUT2D eigenvalue weighted by Gasteiger charge is 2.11. The van der Waals surface area contributed by atoms with Gasteiger partial charge in [0.2, 0.25) is 10.0 Å². The van der Waals surface area contributed by atoms with Crippen LogP contribution in [0.25, 0.3) is 0 Å². The Hall–Kier alpha value is -1.41. The second kappa shape index (κ2) is 6.57. The number of hydrogen-bond donors (Lipinski definition) is 2. The molecule has 0 unspecified atom stereocenters. The van der Waals surface area contributed by atoms with Crippen molar-refractivity contribution in [3.63, 3.8) is 0 Å². The molecule has 5 nitrogen and oxygen atoms in total. The van der Waals surface area contributed by atoms with Crippen LogP contribution in [-0.2, 0) is 16.4 Å². The van der Waals surface area contributed by atoms with Crippen LogP contribution in [0.3, 0.4) is 0 Å². The Bertz CT molecular complexity index is 756. The number of hydrogen-bond acceptors (Lipinski definition) is 4. The Kier molecular flexibility index (Phi) is 5.00. The Balaban J connectivity index is 1.90. The zero-order valence-electron chi connectivity index (χ0n) is 10.9. The molecule has 0 radical (unpaired) electrons. The van der Waals surface area contributed by atoms with E-state index in [9.17, 15) is 13.2 Å². The van der Waals surface area contributed by atoms with E-state index in [2.05, 4.69) is 5.32 Å². The van der Waals surface area contributed by atoms with Gasteiger partial charge in [-0.1, -0.05) is 17.7 Å². The first-order valence-corrected chi connectivity index (χ1v) is 8.75. The van der Waals surface area contributed by atoms with Crippen molar-refractivity contribution in [3.8, 4) is 0 Å². The van der Waals surface area contributed by atoms with Gasteiger partial charge in [0.15, 0.2) is 0 Å². The van der Waals surface area contributed by atoms with E-state index in [1.54, 1.807) is 30.3 Å². The fourth-order valence-electron chi connectivity index (χ4n) is 1.68. The molecule has 3 N–H and O–H groups in total. The molecule has 1 aromatic heterocycles. The number of nitrogens with one attached hydrogen (secondary N) is 1. The maximum absolute atomic E-state index is 11.9. The standard InChI is InChI=1S/C13H13ClN2O3S2/c14-10-3-1-2-9(8-10)13(17)16-7-6-11-4-5-12(20-11)21(15,18)19/h1-5,8H,6-7H2,(H,16,17)(H2,15,18,19). The number of benzene rings is 1. The maximum atomic E-state index is 11.9. The number of primary sulfonamides is 1. The maximum Gasteiger partial charge on any atom is 0.251 e. The van der Waals surface area contributed by atoms with Crippen molar-refractivity contribution in [2.75, 3.05) is 6.54 Å². The fraction of sp³-hybridized carbons (Fsp3) is 0.154. The predicted molar refractivity (Wildman–Crippen MR) is 83.2 cm³/mol. The van der Waals surface area contributed by atoms with Gasteiger partial charge in [0.1, 0.15) is 4.21 Å². The lowest BCUT2D eigenvalue weighted by atomic mass is 10.2. The van der Waals surface area contributed by atoms with Crippen molar-refractivity contribution in [2.45, 2.75) is 10.6 Å². The first-order valence-electron chi connectivity index (χ1n) is 6.01. The smallest absolute Gasteiger partial charge is 0.251 e. The minimum atomic E-state index is -3.65. The third-order valence-corrected chi connectivity index (χ3v) is 5.48. The summed E-state index contributed by atoms with van der Waals surface area (Å²) in [7, 11) is -3.65. The van der Waals surface area contributed by atoms with Crippen molar-refractivity contribution in [1.82, 2.24) is 5.32 Å². The van der Waals surface area contributed by atoms with E-state index in [4.69, 9.17) is 16.7 Å². The van der Waals surface area contributed by atoms with Crippen molar-refractivity contribution in [1.29, 1.82) is 0 Å². The Morgan fingerprint density at radius 1 is 1.29 bits per heavy atom. The van der Waals surface area contributed by atoms with E-state index in [-0.39, 0.29) is 10.1 Å². The second-order valence-corrected chi connectivity index (χ2v) is 7.68. The Morgan fingerprint density at radius 2 is 2.05 bits per heavy atom. The minimum Gasteiger partial charge on any atom is -0.352 e. The van der Waals surface area contributed by atoms with Gasteiger partial charge in [-0.3, -0.25) is 4.79 Å². The van der Waals surface area contributed by atoms with E-state index < -0.39 is 10.0 Å². The minimum absolute atomic E-state index is 0.124. The average molecular weight is 345 g/mol. The summed E-state index contributed by atoms with van der Waals surface area (Å²) >= 11 is 6.92. The third kappa shape index (κ3) is 4.53. The molecule has 1 amide bonds. The van der Waals surface area contributed by atoms with E-state index in [0.29, 0.717) is 23.6 Å². The Morgan fingerprint density at radius 3 is 2.67 bits per heavy atom. The van der Waals surface area contributed by atoms with Crippen LogP contribution in [-0.4, -0.2) is 20.9 Å². The number of thiophene rings is 1. The normalized spacial score (nSPS) is 11.3. The average Bonchev–Trinajstić information content (AvgIpc) is 2.87. The SMILES string of the molecule is NS(=O)(=O)c1ccc(CCNC(=O)c2cccc(Cl)c2)s1. The highest BCUT2D eigenvalue weighted by Crippen LogP contribution is 2.20. The van der Waals surface area contributed by atoms with Gasteiger partial charge in [-0.15, -0.1) is 11.3 Å². The van der Waals surface area contributed by atoms with Crippen molar-refractivity contribution >= 4 is 38.9 Å². The van der Waals surface area contributed by atoms with Gasteiger partial charge in [-0.2, -0.15) is 0 Å². The lowest BCUT2D eigenvalue weighted by Gasteiger charge is -2.04. The molecule has 0 bridgehead atoms. The zero-order chi connectivity index (χ0) is 15.5.